The van der Waals surface area contributed by atoms with E-state index in [-0.39, 0.29) is 18.0 Å². The van der Waals surface area contributed by atoms with Crippen LogP contribution in [0.1, 0.15) is 47.5 Å². The molecule has 2 atom stereocenters. The van der Waals surface area contributed by atoms with Gasteiger partial charge in [0.2, 0.25) is 0 Å². The molecule has 1 aliphatic heterocycles. The van der Waals surface area contributed by atoms with Crippen molar-refractivity contribution in [3.05, 3.63) is 0 Å². The smallest absolute Gasteiger partial charge is 0.320 e. The summed E-state index contributed by atoms with van der Waals surface area (Å²) in [7, 11) is 0. The highest BCUT2D eigenvalue weighted by Crippen LogP contribution is 2.25. The first-order valence-electron chi connectivity index (χ1n) is 8.10. The molecule has 0 spiro atoms. The fraction of sp³-hybridized carbons (Fsp3) is 0.875. The van der Waals surface area contributed by atoms with E-state index in [2.05, 4.69) is 27.7 Å². The Kier molecular flexibility index (Phi) is 6.49. The van der Waals surface area contributed by atoms with Crippen LogP contribution in [0.25, 0.3) is 0 Å². The van der Waals surface area contributed by atoms with Crippen LogP contribution in [0.5, 0.6) is 0 Å². The zero-order chi connectivity index (χ0) is 16.2. The first-order chi connectivity index (χ1) is 9.81. The monoisotopic (exact) mass is 298 g/mol. The van der Waals surface area contributed by atoms with Gasteiger partial charge in [-0.2, -0.15) is 0 Å². The number of urea groups is 1. The van der Waals surface area contributed by atoms with E-state index in [0.29, 0.717) is 19.0 Å². The summed E-state index contributed by atoms with van der Waals surface area (Å²) >= 11 is 0. The molecule has 1 heterocycles. The Bertz CT molecular complexity index is 367. The SMILES string of the molecule is CCC(CC)N(CC(C)C)C(=O)N1CC(C)C(C(=O)O)C1. The van der Waals surface area contributed by atoms with Crippen molar-refractivity contribution in [3.63, 3.8) is 0 Å². The third-order valence-corrected chi connectivity index (χ3v) is 4.39. The molecule has 0 aromatic heterocycles. The third-order valence-electron chi connectivity index (χ3n) is 4.39. The molecule has 122 valence electrons. The summed E-state index contributed by atoms with van der Waals surface area (Å²) in [5.41, 5.74) is 0. The van der Waals surface area contributed by atoms with Gasteiger partial charge in [-0.15, -0.1) is 0 Å². The molecule has 2 unspecified atom stereocenters. The third kappa shape index (κ3) is 4.35. The van der Waals surface area contributed by atoms with Crippen LogP contribution in [0.15, 0.2) is 0 Å². The molecule has 0 radical (unpaired) electrons. The number of nitrogens with zero attached hydrogens (tertiary/aromatic N) is 2. The minimum absolute atomic E-state index is 0.00741. The number of aliphatic carboxylic acids is 1. The van der Waals surface area contributed by atoms with Crippen LogP contribution in [0.4, 0.5) is 4.79 Å². The van der Waals surface area contributed by atoms with E-state index in [1.165, 1.54) is 0 Å². The van der Waals surface area contributed by atoms with Gasteiger partial charge >= 0.3 is 12.0 Å². The molecule has 1 aliphatic rings. The lowest BCUT2D eigenvalue weighted by Gasteiger charge is -2.35. The van der Waals surface area contributed by atoms with Crippen LogP contribution in [0, 0.1) is 17.8 Å². The molecule has 21 heavy (non-hydrogen) atoms. The van der Waals surface area contributed by atoms with E-state index in [1.807, 2.05) is 11.8 Å². The van der Waals surface area contributed by atoms with E-state index in [1.54, 1.807) is 4.90 Å². The fourth-order valence-corrected chi connectivity index (χ4v) is 3.13. The number of carboxylic acid groups (broad SMARTS) is 1. The lowest BCUT2D eigenvalue weighted by Crippen LogP contribution is -2.48. The predicted octanol–water partition coefficient (Wildman–Crippen LogP) is 2.91. The summed E-state index contributed by atoms with van der Waals surface area (Å²) in [6.45, 7) is 11.9. The molecule has 1 rings (SSSR count). The molecule has 1 saturated heterocycles. The van der Waals surface area contributed by atoms with E-state index in [4.69, 9.17) is 0 Å². The Hall–Kier alpha value is -1.26. The topological polar surface area (TPSA) is 60.9 Å². The molecule has 1 N–H and O–H groups in total. The van der Waals surface area contributed by atoms with Crippen molar-refractivity contribution in [2.45, 2.75) is 53.5 Å². The first kappa shape index (κ1) is 17.8. The molecule has 1 fully saturated rings. The molecule has 5 nitrogen and oxygen atoms in total. The molecule has 0 aromatic carbocycles. The van der Waals surface area contributed by atoms with Crippen molar-refractivity contribution >= 4 is 12.0 Å². The van der Waals surface area contributed by atoms with Crippen LogP contribution >= 0.6 is 0 Å². The molecule has 0 bridgehead atoms. The standard InChI is InChI=1S/C16H30N2O3/c1-6-13(7-2)18(8-11(3)4)16(21)17-9-12(5)14(10-17)15(19)20/h11-14H,6-10H2,1-5H3,(H,19,20). The second-order valence-corrected chi connectivity index (χ2v) is 6.63. The number of likely N-dealkylation sites (tertiary alicyclic amines) is 1. The number of carbonyl (C=O) groups is 2. The van der Waals surface area contributed by atoms with Crippen molar-refractivity contribution in [2.75, 3.05) is 19.6 Å². The molecule has 0 aliphatic carbocycles. The van der Waals surface area contributed by atoms with Gasteiger partial charge in [0, 0.05) is 25.7 Å². The summed E-state index contributed by atoms with van der Waals surface area (Å²) < 4.78 is 0. The van der Waals surface area contributed by atoms with Gasteiger partial charge in [-0.1, -0.05) is 34.6 Å². The summed E-state index contributed by atoms with van der Waals surface area (Å²) in [4.78, 5) is 27.7. The zero-order valence-corrected chi connectivity index (χ0v) is 14.0. The summed E-state index contributed by atoms with van der Waals surface area (Å²) in [6, 6.07) is 0.243. The largest absolute Gasteiger partial charge is 0.481 e. The number of hydrogen-bond donors (Lipinski definition) is 1. The van der Waals surface area contributed by atoms with Gasteiger partial charge in [0.1, 0.15) is 0 Å². The lowest BCUT2D eigenvalue weighted by molar-refractivity contribution is -0.142. The number of hydrogen-bond acceptors (Lipinski definition) is 2. The Morgan fingerprint density at radius 1 is 1.24 bits per heavy atom. The second kappa shape index (κ2) is 7.66. The number of carbonyl (C=O) groups excluding carboxylic acids is 1. The molecule has 0 aromatic rings. The summed E-state index contributed by atoms with van der Waals surface area (Å²) in [6.07, 6.45) is 1.86. The van der Waals surface area contributed by atoms with Gasteiger partial charge in [0.15, 0.2) is 0 Å². The van der Waals surface area contributed by atoms with Gasteiger partial charge in [-0.25, -0.2) is 4.79 Å². The number of carboxylic acids is 1. The van der Waals surface area contributed by atoms with Crippen molar-refractivity contribution in [1.29, 1.82) is 0 Å². The number of rotatable bonds is 6. The highest BCUT2D eigenvalue weighted by atomic mass is 16.4. The summed E-state index contributed by atoms with van der Waals surface area (Å²) in [5.74, 6) is -0.800. The maximum absolute atomic E-state index is 12.8. The van der Waals surface area contributed by atoms with E-state index in [9.17, 15) is 14.7 Å². The Labute approximate surface area is 128 Å². The Morgan fingerprint density at radius 3 is 2.19 bits per heavy atom. The normalized spacial score (nSPS) is 22.1. The minimum Gasteiger partial charge on any atom is -0.481 e. The highest BCUT2D eigenvalue weighted by Gasteiger charge is 2.39. The van der Waals surface area contributed by atoms with Crippen LogP contribution in [-0.4, -0.2) is 52.6 Å². The van der Waals surface area contributed by atoms with Crippen LogP contribution in [-0.2, 0) is 4.79 Å². The van der Waals surface area contributed by atoms with E-state index < -0.39 is 11.9 Å². The Morgan fingerprint density at radius 2 is 1.81 bits per heavy atom. The highest BCUT2D eigenvalue weighted by molar-refractivity contribution is 5.78. The maximum Gasteiger partial charge on any atom is 0.320 e. The zero-order valence-electron chi connectivity index (χ0n) is 14.0. The average molecular weight is 298 g/mol. The molecular formula is C16H30N2O3. The van der Waals surface area contributed by atoms with Crippen LogP contribution in [0.2, 0.25) is 0 Å². The van der Waals surface area contributed by atoms with Gasteiger partial charge in [-0.05, 0) is 24.7 Å². The van der Waals surface area contributed by atoms with Crippen molar-refractivity contribution in [3.8, 4) is 0 Å². The molecule has 5 heteroatoms. The van der Waals surface area contributed by atoms with Gasteiger partial charge < -0.3 is 14.9 Å². The predicted molar refractivity (Wildman–Crippen MR) is 83.2 cm³/mol. The van der Waals surface area contributed by atoms with Crippen LogP contribution in [0.3, 0.4) is 0 Å². The van der Waals surface area contributed by atoms with E-state index >= 15 is 0 Å². The van der Waals surface area contributed by atoms with Crippen molar-refractivity contribution in [1.82, 2.24) is 9.80 Å². The average Bonchev–Trinajstić information content (AvgIpc) is 2.80. The number of amides is 2. The van der Waals surface area contributed by atoms with Crippen molar-refractivity contribution < 1.29 is 14.7 Å². The molecular weight excluding hydrogens is 268 g/mol. The summed E-state index contributed by atoms with van der Waals surface area (Å²) in [5, 5.41) is 9.22. The maximum atomic E-state index is 12.8. The van der Waals surface area contributed by atoms with E-state index in [0.717, 1.165) is 19.4 Å². The van der Waals surface area contributed by atoms with Gasteiger partial charge in [0.25, 0.3) is 0 Å². The fourth-order valence-electron chi connectivity index (χ4n) is 3.13. The first-order valence-corrected chi connectivity index (χ1v) is 8.10. The minimum atomic E-state index is -0.796. The second-order valence-electron chi connectivity index (χ2n) is 6.63. The quantitative estimate of drug-likeness (QED) is 0.820. The van der Waals surface area contributed by atoms with Crippen molar-refractivity contribution in [2.24, 2.45) is 17.8 Å². The molecule has 0 saturated carbocycles. The lowest BCUT2D eigenvalue weighted by atomic mass is 9.99. The van der Waals surface area contributed by atoms with Gasteiger partial charge in [0.05, 0.1) is 5.92 Å². The van der Waals surface area contributed by atoms with Gasteiger partial charge in [-0.3, -0.25) is 4.79 Å². The Balaban J connectivity index is 2.83. The van der Waals surface area contributed by atoms with Crippen LogP contribution < -0.4 is 0 Å². The molecule has 2 amide bonds.